The van der Waals surface area contributed by atoms with E-state index in [0.717, 1.165) is 32.5 Å². The minimum absolute atomic E-state index is 0.0813. The molecule has 6 nitrogen and oxygen atoms in total. The highest BCUT2D eigenvalue weighted by atomic mass is 16.5. The number of nitrogens with zero attached hydrogens (tertiary/aromatic N) is 2. The summed E-state index contributed by atoms with van der Waals surface area (Å²) in [6.45, 7) is 12.0. The molecule has 4 aliphatic heterocycles. The van der Waals surface area contributed by atoms with Gasteiger partial charge in [0.1, 0.15) is 0 Å². The maximum Gasteiger partial charge on any atom is 0.242 e. The first-order valence-corrected chi connectivity index (χ1v) is 11.0. The van der Waals surface area contributed by atoms with E-state index in [2.05, 4.69) is 35.5 Å². The highest BCUT2D eigenvalue weighted by Crippen LogP contribution is 2.55. The Kier molecular flexibility index (Phi) is 5.29. The first-order chi connectivity index (χ1) is 13.4. The number of amides is 2. The summed E-state index contributed by atoms with van der Waals surface area (Å²) in [5.74, 6) is 0.968. The molecular formula is C22H35N3O3. The lowest BCUT2D eigenvalue weighted by Gasteiger charge is -2.37. The van der Waals surface area contributed by atoms with Crippen LogP contribution in [0.2, 0.25) is 0 Å². The van der Waals surface area contributed by atoms with Crippen LogP contribution in [0.25, 0.3) is 0 Å². The Bertz CT molecular complexity index is 643. The summed E-state index contributed by atoms with van der Waals surface area (Å²) in [5.41, 5.74) is -0.629. The lowest BCUT2D eigenvalue weighted by atomic mass is 9.73. The number of likely N-dealkylation sites (tertiary alicyclic amines) is 2. The van der Waals surface area contributed by atoms with Crippen molar-refractivity contribution in [2.75, 3.05) is 32.7 Å². The van der Waals surface area contributed by atoms with Gasteiger partial charge in [0.15, 0.2) is 0 Å². The van der Waals surface area contributed by atoms with E-state index in [1.165, 1.54) is 12.8 Å². The fraction of sp³-hybridized carbons (Fsp3) is 0.818. The zero-order valence-corrected chi connectivity index (χ0v) is 17.4. The summed E-state index contributed by atoms with van der Waals surface area (Å²) in [6, 6.07) is 0. The average molecular weight is 390 g/mol. The fourth-order valence-corrected chi connectivity index (χ4v) is 5.97. The predicted octanol–water partition coefficient (Wildman–Crippen LogP) is 1.95. The molecule has 4 aliphatic rings. The van der Waals surface area contributed by atoms with Crippen LogP contribution in [0, 0.1) is 11.8 Å². The van der Waals surface area contributed by atoms with Crippen LogP contribution in [0.15, 0.2) is 12.7 Å². The van der Waals surface area contributed by atoms with E-state index in [4.69, 9.17) is 4.74 Å². The number of hydrogen-bond donors (Lipinski definition) is 1. The first kappa shape index (κ1) is 19.9. The van der Waals surface area contributed by atoms with Crippen molar-refractivity contribution in [1.29, 1.82) is 0 Å². The standard InChI is InChI=1S/C22H35N3O3/c1-4-5-8-19(26)23-13-16-17-14-24(15-22(17)10-9-18(16)28-22)20(27)21(2,3)25-11-6-7-12-25/h4,16-18H,1,5-15H2,2-3H3,(H,23,26)/t16-,17+,18+,22+/m0/s1. The molecule has 0 aromatic carbocycles. The largest absolute Gasteiger partial charge is 0.369 e. The second-order valence-corrected chi connectivity index (χ2v) is 9.60. The normalized spacial score (nSPS) is 34.6. The Hall–Kier alpha value is -1.40. The summed E-state index contributed by atoms with van der Waals surface area (Å²) in [4.78, 5) is 29.8. The molecule has 0 saturated carbocycles. The van der Waals surface area contributed by atoms with Crippen LogP contribution in [0.5, 0.6) is 0 Å². The summed E-state index contributed by atoms with van der Waals surface area (Å²) in [6.07, 6.45) is 7.65. The van der Waals surface area contributed by atoms with Gasteiger partial charge < -0.3 is 15.0 Å². The summed E-state index contributed by atoms with van der Waals surface area (Å²) < 4.78 is 6.45. The van der Waals surface area contributed by atoms with Crippen molar-refractivity contribution in [2.24, 2.45) is 11.8 Å². The lowest BCUT2D eigenvalue weighted by molar-refractivity contribution is -0.142. The SMILES string of the molecule is C=CCCC(=O)NC[C@H]1[C@H]2CN(C(=O)C(C)(C)N3CCCC3)C[C@]23CC[C@H]1O3. The number of carbonyl (C=O) groups is 2. The molecule has 1 N–H and O–H groups in total. The van der Waals surface area contributed by atoms with Gasteiger partial charge in [-0.1, -0.05) is 6.08 Å². The number of nitrogens with one attached hydrogen (secondary N) is 1. The zero-order chi connectivity index (χ0) is 19.9. The maximum atomic E-state index is 13.4. The maximum absolute atomic E-state index is 13.4. The summed E-state index contributed by atoms with van der Waals surface area (Å²) in [7, 11) is 0. The van der Waals surface area contributed by atoms with Crippen LogP contribution in [0.3, 0.4) is 0 Å². The van der Waals surface area contributed by atoms with E-state index >= 15 is 0 Å². The molecule has 0 aromatic rings. The molecule has 2 amide bonds. The molecule has 0 unspecified atom stereocenters. The number of fused-ring (bicyclic) bond motifs is 1. The molecule has 28 heavy (non-hydrogen) atoms. The van der Waals surface area contributed by atoms with Gasteiger partial charge in [-0.05, 0) is 59.0 Å². The van der Waals surface area contributed by atoms with E-state index in [9.17, 15) is 9.59 Å². The van der Waals surface area contributed by atoms with Gasteiger partial charge >= 0.3 is 0 Å². The Labute approximate surface area is 168 Å². The van der Waals surface area contributed by atoms with Crippen molar-refractivity contribution >= 4 is 11.8 Å². The predicted molar refractivity (Wildman–Crippen MR) is 108 cm³/mol. The highest BCUT2D eigenvalue weighted by Gasteiger charge is 2.64. The molecule has 4 heterocycles. The molecule has 0 aromatic heterocycles. The van der Waals surface area contributed by atoms with Crippen molar-refractivity contribution < 1.29 is 14.3 Å². The van der Waals surface area contributed by atoms with Crippen molar-refractivity contribution in [1.82, 2.24) is 15.1 Å². The van der Waals surface area contributed by atoms with Crippen molar-refractivity contribution in [3.8, 4) is 0 Å². The van der Waals surface area contributed by atoms with Crippen LogP contribution in [-0.4, -0.2) is 71.6 Å². The van der Waals surface area contributed by atoms with E-state index < -0.39 is 5.54 Å². The van der Waals surface area contributed by atoms with Gasteiger partial charge in [-0.3, -0.25) is 14.5 Å². The smallest absolute Gasteiger partial charge is 0.242 e. The molecule has 1 spiro atoms. The number of rotatable bonds is 7. The highest BCUT2D eigenvalue weighted by molar-refractivity contribution is 5.86. The Morgan fingerprint density at radius 1 is 1.32 bits per heavy atom. The monoisotopic (exact) mass is 389 g/mol. The molecule has 4 saturated heterocycles. The Morgan fingerprint density at radius 2 is 2.07 bits per heavy atom. The Morgan fingerprint density at radius 3 is 2.79 bits per heavy atom. The van der Waals surface area contributed by atoms with Crippen LogP contribution < -0.4 is 5.32 Å². The third kappa shape index (κ3) is 3.28. The third-order valence-corrected chi connectivity index (χ3v) is 7.60. The summed E-state index contributed by atoms with van der Waals surface area (Å²) in [5, 5.41) is 3.09. The molecule has 6 heteroatoms. The van der Waals surface area contributed by atoms with Gasteiger partial charge in [0.2, 0.25) is 11.8 Å². The average Bonchev–Trinajstić information content (AvgIpc) is 3.44. The molecule has 0 radical (unpaired) electrons. The Balaban J connectivity index is 1.41. The minimum atomic E-state index is -0.446. The van der Waals surface area contributed by atoms with E-state index in [1.807, 2.05) is 0 Å². The van der Waals surface area contributed by atoms with Gasteiger partial charge in [0.25, 0.3) is 0 Å². The van der Waals surface area contributed by atoms with Crippen molar-refractivity contribution in [3.63, 3.8) is 0 Å². The molecule has 2 bridgehead atoms. The second kappa shape index (κ2) is 7.45. The van der Waals surface area contributed by atoms with Crippen LogP contribution in [-0.2, 0) is 14.3 Å². The molecule has 0 aliphatic carbocycles. The van der Waals surface area contributed by atoms with Gasteiger partial charge in [-0.2, -0.15) is 0 Å². The number of ether oxygens (including phenoxy) is 1. The van der Waals surface area contributed by atoms with E-state index in [1.54, 1.807) is 6.08 Å². The lowest BCUT2D eigenvalue weighted by Crippen LogP contribution is -2.55. The van der Waals surface area contributed by atoms with Crippen LogP contribution >= 0.6 is 0 Å². The van der Waals surface area contributed by atoms with Gasteiger partial charge in [0.05, 0.1) is 23.8 Å². The summed E-state index contributed by atoms with van der Waals surface area (Å²) >= 11 is 0. The minimum Gasteiger partial charge on any atom is -0.369 e. The van der Waals surface area contributed by atoms with Crippen molar-refractivity contribution in [3.05, 3.63) is 12.7 Å². The number of hydrogen-bond acceptors (Lipinski definition) is 4. The second-order valence-electron chi connectivity index (χ2n) is 9.60. The first-order valence-electron chi connectivity index (χ1n) is 11.0. The zero-order valence-electron chi connectivity index (χ0n) is 17.4. The molecular weight excluding hydrogens is 354 g/mol. The third-order valence-electron chi connectivity index (χ3n) is 7.60. The number of carbonyl (C=O) groups excluding carboxylic acids is 2. The van der Waals surface area contributed by atoms with Gasteiger partial charge in [0, 0.05) is 31.3 Å². The van der Waals surface area contributed by atoms with Crippen LogP contribution in [0.4, 0.5) is 0 Å². The van der Waals surface area contributed by atoms with Crippen LogP contribution in [0.1, 0.15) is 52.4 Å². The topological polar surface area (TPSA) is 61.9 Å². The van der Waals surface area contributed by atoms with E-state index in [-0.39, 0.29) is 23.5 Å². The van der Waals surface area contributed by atoms with E-state index in [0.29, 0.717) is 37.8 Å². The fourth-order valence-electron chi connectivity index (χ4n) is 5.97. The molecule has 4 atom stereocenters. The molecule has 4 fully saturated rings. The van der Waals surface area contributed by atoms with Crippen molar-refractivity contribution in [2.45, 2.75) is 69.6 Å². The van der Waals surface area contributed by atoms with Gasteiger partial charge in [-0.25, -0.2) is 0 Å². The van der Waals surface area contributed by atoms with Gasteiger partial charge in [-0.15, -0.1) is 6.58 Å². The quantitative estimate of drug-likeness (QED) is 0.676. The molecule has 156 valence electrons. The molecule has 4 rings (SSSR count). The number of allylic oxidation sites excluding steroid dienone is 1.